The highest BCUT2D eigenvalue weighted by Crippen LogP contribution is 1.88. The topological polar surface area (TPSA) is 24.7 Å². The zero-order chi connectivity index (χ0) is 9.40. The highest BCUT2D eigenvalue weighted by molar-refractivity contribution is 6.40. The molecule has 0 aliphatic carbocycles. The van der Waals surface area contributed by atoms with Gasteiger partial charge in [-0.2, -0.15) is 0 Å². The van der Waals surface area contributed by atoms with Gasteiger partial charge in [-0.05, 0) is 26.7 Å². The fourth-order valence-corrected chi connectivity index (χ4v) is 0.788. The van der Waals surface area contributed by atoms with Gasteiger partial charge in [-0.25, -0.2) is 0 Å². The fraction of sp³-hybridized carbons (Fsp3) is 0.800. The van der Waals surface area contributed by atoms with E-state index in [1.165, 1.54) is 0 Å². The number of rotatable bonds is 5. The molecule has 0 fully saturated rings. The second-order valence-corrected chi connectivity index (χ2v) is 2.93. The summed E-state index contributed by atoms with van der Waals surface area (Å²) in [5.41, 5.74) is 2.18. The van der Waals surface area contributed by atoms with Crippen molar-refractivity contribution >= 4 is 11.4 Å². The van der Waals surface area contributed by atoms with Crippen LogP contribution in [-0.4, -0.2) is 24.5 Å². The third kappa shape index (κ3) is 5.05. The Morgan fingerprint density at radius 3 is 1.42 bits per heavy atom. The van der Waals surface area contributed by atoms with Crippen molar-refractivity contribution in [2.45, 2.75) is 40.5 Å². The van der Waals surface area contributed by atoms with Gasteiger partial charge in [0.05, 0.1) is 11.4 Å². The van der Waals surface area contributed by atoms with Crippen LogP contribution in [0.3, 0.4) is 0 Å². The van der Waals surface area contributed by atoms with Crippen LogP contribution in [0.25, 0.3) is 0 Å². The highest BCUT2D eigenvalue weighted by atomic mass is 14.8. The molecule has 0 aliphatic heterocycles. The molecular formula is C10H20N2. The largest absolute Gasteiger partial charge is 0.288 e. The van der Waals surface area contributed by atoms with Crippen LogP contribution in [-0.2, 0) is 0 Å². The molecule has 0 saturated heterocycles. The smallest absolute Gasteiger partial charge is 0.0524 e. The van der Waals surface area contributed by atoms with E-state index in [9.17, 15) is 0 Å². The zero-order valence-corrected chi connectivity index (χ0v) is 8.72. The maximum atomic E-state index is 4.38. The van der Waals surface area contributed by atoms with E-state index in [1.807, 2.05) is 13.8 Å². The van der Waals surface area contributed by atoms with Gasteiger partial charge in [0.25, 0.3) is 0 Å². The quantitative estimate of drug-likeness (QED) is 0.564. The second kappa shape index (κ2) is 7.01. The molecule has 0 aliphatic rings. The molecule has 0 aromatic carbocycles. The lowest BCUT2D eigenvalue weighted by atomic mass is 10.3. The van der Waals surface area contributed by atoms with E-state index in [0.29, 0.717) is 0 Å². The predicted octanol–water partition coefficient (Wildman–Crippen LogP) is 2.73. The molecule has 0 saturated carbocycles. The SMILES string of the molecule is CCCN=C(C)C(C)=NCCC. The van der Waals surface area contributed by atoms with E-state index >= 15 is 0 Å². The van der Waals surface area contributed by atoms with Crippen LogP contribution in [0, 0.1) is 0 Å². The summed E-state index contributed by atoms with van der Waals surface area (Å²) in [6.07, 6.45) is 2.22. The average molecular weight is 168 g/mol. The first-order chi connectivity index (χ1) is 5.72. The van der Waals surface area contributed by atoms with Gasteiger partial charge in [-0.3, -0.25) is 9.98 Å². The fourth-order valence-electron chi connectivity index (χ4n) is 0.788. The standard InChI is InChI=1S/C10H20N2/c1-5-7-11-9(3)10(4)12-8-6-2/h5-8H2,1-4H3. The lowest BCUT2D eigenvalue weighted by Gasteiger charge is -1.99. The molecule has 0 aromatic rings. The third-order valence-electron chi connectivity index (χ3n) is 1.67. The monoisotopic (exact) mass is 168 g/mol. The van der Waals surface area contributed by atoms with E-state index in [1.54, 1.807) is 0 Å². The normalized spacial score (nSPS) is 13.7. The van der Waals surface area contributed by atoms with Crippen molar-refractivity contribution in [1.29, 1.82) is 0 Å². The van der Waals surface area contributed by atoms with Crippen LogP contribution in [0.1, 0.15) is 40.5 Å². The number of aliphatic imine (C=N–C) groups is 2. The first-order valence-electron chi connectivity index (χ1n) is 4.74. The van der Waals surface area contributed by atoms with Gasteiger partial charge >= 0.3 is 0 Å². The Labute approximate surface area is 75.8 Å². The summed E-state index contributed by atoms with van der Waals surface area (Å²) in [4.78, 5) is 8.76. The van der Waals surface area contributed by atoms with Crippen LogP contribution in [0.15, 0.2) is 9.98 Å². The zero-order valence-electron chi connectivity index (χ0n) is 8.72. The van der Waals surface area contributed by atoms with Gasteiger partial charge in [-0.1, -0.05) is 13.8 Å². The predicted molar refractivity (Wildman–Crippen MR) is 56.5 cm³/mol. The van der Waals surface area contributed by atoms with Crippen LogP contribution < -0.4 is 0 Å². The third-order valence-corrected chi connectivity index (χ3v) is 1.67. The molecule has 70 valence electrons. The summed E-state index contributed by atoms with van der Waals surface area (Å²) in [5.74, 6) is 0. The summed E-state index contributed by atoms with van der Waals surface area (Å²) in [6, 6.07) is 0. The van der Waals surface area contributed by atoms with Crippen molar-refractivity contribution < 1.29 is 0 Å². The van der Waals surface area contributed by atoms with Crippen molar-refractivity contribution in [3.8, 4) is 0 Å². The first kappa shape index (κ1) is 11.3. The molecule has 0 unspecified atom stereocenters. The number of nitrogens with zero attached hydrogens (tertiary/aromatic N) is 2. The molecule has 0 spiro atoms. The molecule has 0 atom stereocenters. The van der Waals surface area contributed by atoms with E-state index in [4.69, 9.17) is 0 Å². The average Bonchev–Trinajstić information content (AvgIpc) is 2.10. The van der Waals surface area contributed by atoms with E-state index in [-0.39, 0.29) is 0 Å². The van der Waals surface area contributed by atoms with Gasteiger partial charge in [0.2, 0.25) is 0 Å². The molecule has 0 amide bonds. The lowest BCUT2D eigenvalue weighted by Crippen LogP contribution is -2.07. The summed E-state index contributed by atoms with van der Waals surface area (Å²) >= 11 is 0. The van der Waals surface area contributed by atoms with Crippen molar-refractivity contribution in [3.63, 3.8) is 0 Å². The minimum absolute atomic E-state index is 0.921. The maximum Gasteiger partial charge on any atom is 0.0524 e. The van der Waals surface area contributed by atoms with Crippen LogP contribution in [0.2, 0.25) is 0 Å². The van der Waals surface area contributed by atoms with Gasteiger partial charge < -0.3 is 0 Å². The Bertz CT molecular complexity index is 149. The molecule has 0 radical (unpaired) electrons. The molecular weight excluding hydrogens is 148 g/mol. The van der Waals surface area contributed by atoms with Crippen molar-refractivity contribution in [2.24, 2.45) is 9.98 Å². The lowest BCUT2D eigenvalue weighted by molar-refractivity contribution is 0.925. The van der Waals surface area contributed by atoms with Gasteiger partial charge in [0.15, 0.2) is 0 Å². The molecule has 0 bridgehead atoms. The van der Waals surface area contributed by atoms with Crippen molar-refractivity contribution in [1.82, 2.24) is 0 Å². The van der Waals surface area contributed by atoms with Crippen molar-refractivity contribution in [2.75, 3.05) is 13.1 Å². The Balaban J connectivity index is 3.98. The molecule has 0 heterocycles. The van der Waals surface area contributed by atoms with Gasteiger partial charge in [0, 0.05) is 13.1 Å². The second-order valence-electron chi connectivity index (χ2n) is 2.93. The van der Waals surface area contributed by atoms with E-state index < -0.39 is 0 Å². The molecule has 2 heteroatoms. The Kier molecular flexibility index (Phi) is 6.63. The van der Waals surface area contributed by atoms with Crippen LogP contribution in [0.4, 0.5) is 0 Å². The summed E-state index contributed by atoms with van der Waals surface area (Å²) < 4.78 is 0. The highest BCUT2D eigenvalue weighted by Gasteiger charge is 1.93. The molecule has 0 N–H and O–H groups in total. The minimum Gasteiger partial charge on any atom is -0.288 e. The maximum absolute atomic E-state index is 4.38. The Hall–Kier alpha value is -0.660. The number of hydrogen-bond acceptors (Lipinski definition) is 2. The summed E-state index contributed by atoms with van der Waals surface area (Å²) in [6.45, 7) is 10.2. The van der Waals surface area contributed by atoms with Gasteiger partial charge in [0.1, 0.15) is 0 Å². The van der Waals surface area contributed by atoms with E-state index in [0.717, 1.165) is 37.4 Å². The number of hydrogen-bond donors (Lipinski definition) is 0. The van der Waals surface area contributed by atoms with Crippen LogP contribution in [0.5, 0.6) is 0 Å². The van der Waals surface area contributed by atoms with Gasteiger partial charge in [-0.15, -0.1) is 0 Å². The summed E-state index contributed by atoms with van der Waals surface area (Å²) in [7, 11) is 0. The molecule has 0 rings (SSSR count). The summed E-state index contributed by atoms with van der Waals surface area (Å²) in [5, 5.41) is 0. The minimum atomic E-state index is 0.921. The van der Waals surface area contributed by atoms with Crippen molar-refractivity contribution in [3.05, 3.63) is 0 Å². The molecule has 2 nitrogen and oxygen atoms in total. The Morgan fingerprint density at radius 1 is 0.833 bits per heavy atom. The first-order valence-corrected chi connectivity index (χ1v) is 4.74. The van der Waals surface area contributed by atoms with E-state index in [2.05, 4.69) is 23.8 Å². The molecule has 0 aromatic heterocycles. The Morgan fingerprint density at radius 2 is 1.17 bits per heavy atom. The van der Waals surface area contributed by atoms with Crippen LogP contribution >= 0.6 is 0 Å². The molecule has 12 heavy (non-hydrogen) atoms.